The highest BCUT2D eigenvalue weighted by Gasteiger charge is 2.24. The number of phenolic OH excluding ortho intramolecular Hbond substituents is 2. The number of rotatable bonds is 2. The Morgan fingerprint density at radius 2 is 1.28 bits per heavy atom. The lowest BCUT2D eigenvalue weighted by molar-refractivity contribution is 0.445. The van der Waals surface area contributed by atoms with Crippen LogP contribution in [-0.2, 0) is 10.8 Å². The highest BCUT2D eigenvalue weighted by molar-refractivity contribution is 7.99. The van der Waals surface area contributed by atoms with Crippen molar-refractivity contribution in [2.75, 3.05) is 0 Å². The van der Waals surface area contributed by atoms with Crippen molar-refractivity contribution in [3.63, 3.8) is 0 Å². The van der Waals surface area contributed by atoms with E-state index in [0.717, 1.165) is 27.1 Å². The van der Waals surface area contributed by atoms with Crippen LogP contribution in [0.5, 0.6) is 11.5 Å². The van der Waals surface area contributed by atoms with Gasteiger partial charge in [0.05, 0.1) is 0 Å². The van der Waals surface area contributed by atoms with E-state index in [-0.39, 0.29) is 10.8 Å². The van der Waals surface area contributed by atoms with Gasteiger partial charge in [0.2, 0.25) is 0 Å². The summed E-state index contributed by atoms with van der Waals surface area (Å²) in [4.78, 5) is 2.32. The van der Waals surface area contributed by atoms with Crippen molar-refractivity contribution in [3.05, 3.63) is 46.5 Å². The first-order chi connectivity index (χ1) is 11.3. The van der Waals surface area contributed by atoms with Gasteiger partial charge in [0.25, 0.3) is 0 Å². The summed E-state index contributed by atoms with van der Waals surface area (Å²) in [5.74, 6) is 0.664. The Labute approximate surface area is 156 Å². The van der Waals surface area contributed by atoms with Crippen LogP contribution in [0.25, 0.3) is 0 Å². The lowest BCUT2D eigenvalue weighted by Crippen LogP contribution is -2.13. The Morgan fingerprint density at radius 1 is 0.720 bits per heavy atom. The second kappa shape index (κ2) is 6.60. The van der Waals surface area contributed by atoms with Crippen LogP contribution in [0.2, 0.25) is 0 Å². The highest BCUT2D eigenvalue weighted by Crippen LogP contribution is 2.44. The fraction of sp³-hybridized carbons (Fsp3) is 0.455. The van der Waals surface area contributed by atoms with Crippen LogP contribution < -0.4 is 0 Å². The normalized spacial score (nSPS) is 12.5. The monoisotopic (exact) mass is 358 g/mol. The molecule has 0 aliphatic heterocycles. The first kappa shape index (κ1) is 19.7. The molecular formula is C22H30O2S. The van der Waals surface area contributed by atoms with Gasteiger partial charge in [0, 0.05) is 15.4 Å². The molecule has 0 saturated heterocycles. The molecule has 0 aliphatic rings. The molecule has 2 aromatic rings. The molecule has 25 heavy (non-hydrogen) atoms. The molecule has 0 fully saturated rings. The van der Waals surface area contributed by atoms with Crippen LogP contribution in [0.3, 0.4) is 0 Å². The molecule has 2 aromatic carbocycles. The van der Waals surface area contributed by atoms with E-state index in [2.05, 4.69) is 47.6 Å². The number of phenols is 2. The van der Waals surface area contributed by atoms with E-state index < -0.39 is 0 Å². The summed E-state index contributed by atoms with van der Waals surface area (Å²) in [5, 5.41) is 20.4. The Morgan fingerprint density at radius 3 is 1.80 bits per heavy atom. The smallest absolute Gasteiger partial charge is 0.119 e. The van der Waals surface area contributed by atoms with E-state index in [0.29, 0.717) is 11.5 Å². The van der Waals surface area contributed by atoms with E-state index in [9.17, 15) is 10.2 Å². The summed E-state index contributed by atoms with van der Waals surface area (Å²) in [5.41, 5.74) is 4.03. The number of aromatic hydroxyl groups is 2. The van der Waals surface area contributed by atoms with E-state index in [1.165, 1.54) is 4.90 Å². The molecule has 2 nitrogen and oxygen atoms in total. The van der Waals surface area contributed by atoms with Gasteiger partial charge in [-0.2, -0.15) is 0 Å². The fourth-order valence-corrected chi connectivity index (χ4v) is 4.25. The maximum atomic E-state index is 10.4. The zero-order valence-electron chi connectivity index (χ0n) is 16.6. The summed E-state index contributed by atoms with van der Waals surface area (Å²) in [6.07, 6.45) is 0. The maximum absolute atomic E-state index is 10.4. The highest BCUT2D eigenvalue weighted by atomic mass is 32.2. The summed E-state index contributed by atoms with van der Waals surface area (Å²) >= 11 is 1.72. The van der Waals surface area contributed by atoms with Gasteiger partial charge in [-0.3, -0.25) is 0 Å². The van der Waals surface area contributed by atoms with Crippen molar-refractivity contribution in [3.8, 4) is 11.5 Å². The predicted molar refractivity (Wildman–Crippen MR) is 107 cm³/mol. The van der Waals surface area contributed by atoms with E-state index >= 15 is 0 Å². The number of benzene rings is 2. The minimum absolute atomic E-state index is 0.0660. The van der Waals surface area contributed by atoms with Gasteiger partial charge in [-0.05, 0) is 65.6 Å². The molecule has 0 amide bonds. The Kier molecular flexibility index (Phi) is 5.21. The quantitative estimate of drug-likeness (QED) is 0.647. The van der Waals surface area contributed by atoms with Crippen LogP contribution >= 0.6 is 11.8 Å². The molecule has 2 N–H and O–H groups in total. The van der Waals surface area contributed by atoms with Gasteiger partial charge in [0.15, 0.2) is 0 Å². The first-order valence-corrected chi connectivity index (χ1v) is 9.48. The summed E-state index contributed by atoms with van der Waals surface area (Å²) in [6, 6.07) is 7.65. The molecule has 0 radical (unpaired) electrons. The molecule has 0 aromatic heterocycles. The molecule has 0 unspecified atom stereocenters. The van der Waals surface area contributed by atoms with Crippen molar-refractivity contribution in [1.82, 2.24) is 0 Å². The lowest BCUT2D eigenvalue weighted by atomic mass is 9.86. The zero-order chi connectivity index (χ0) is 19.2. The lowest BCUT2D eigenvalue weighted by Gasteiger charge is -2.26. The van der Waals surface area contributed by atoms with Gasteiger partial charge in [-0.25, -0.2) is 0 Å². The van der Waals surface area contributed by atoms with Crippen LogP contribution in [0, 0.1) is 13.8 Å². The molecule has 3 heteroatoms. The third-order valence-electron chi connectivity index (χ3n) is 4.38. The Balaban J connectivity index is 2.62. The van der Waals surface area contributed by atoms with Crippen LogP contribution in [0.1, 0.15) is 63.8 Å². The first-order valence-electron chi connectivity index (χ1n) is 8.66. The molecule has 0 atom stereocenters. The molecule has 0 spiro atoms. The van der Waals surface area contributed by atoms with Gasteiger partial charge in [0.1, 0.15) is 11.5 Å². The predicted octanol–water partition coefficient (Wildman–Crippen LogP) is 6.46. The largest absolute Gasteiger partial charge is 0.508 e. The van der Waals surface area contributed by atoms with E-state index in [4.69, 9.17) is 0 Å². The number of hydrogen-bond donors (Lipinski definition) is 2. The molecule has 136 valence electrons. The third kappa shape index (κ3) is 4.33. The SMILES string of the molecule is Cc1cc(O)c(C(C)(C)C)cc1Sc1c(C)cc(O)cc1C(C)(C)C. The van der Waals surface area contributed by atoms with Gasteiger partial charge in [-0.15, -0.1) is 0 Å². The van der Waals surface area contributed by atoms with Crippen molar-refractivity contribution in [2.24, 2.45) is 0 Å². The Hall–Kier alpha value is -1.61. The molecule has 0 heterocycles. The second-order valence-corrected chi connectivity index (χ2v) is 9.93. The van der Waals surface area contributed by atoms with Crippen LogP contribution in [0.4, 0.5) is 0 Å². The third-order valence-corrected chi connectivity index (χ3v) is 5.79. The van der Waals surface area contributed by atoms with Crippen LogP contribution in [0.15, 0.2) is 34.1 Å². The van der Waals surface area contributed by atoms with E-state index in [1.807, 2.05) is 32.0 Å². The summed E-state index contributed by atoms with van der Waals surface area (Å²) in [7, 11) is 0. The topological polar surface area (TPSA) is 40.5 Å². The maximum Gasteiger partial charge on any atom is 0.119 e. The van der Waals surface area contributed by atoms with Gasteiger partial charge < -0.3 is 10.2 Å². The van der Waals surface area contributed by atoms with Gasteiger partial charge >= 0.3 is 0 Å². The molecule has 2 rings (SSSR count). The zero-order valence-corrected chi connectivity index (χ0v) is 17.4. The fourth-order valence-electron chi connectivity index (χ4n) is 2.94. The minimum atomic E-state index is -0.121. The van der Waals surface area contributed by atoms with Crippen molar-refractivity contribution in [1.29, 1.82) is 0 Å². The molecule has 0 saturated carbocycles. The van der Waals surface area contributed by atoms with Crippen LogP contribution in [-0.4, -0.2) is 10.2 Å². The Bertz CT molecular complexity index is 793. The molecular weight excluding hydrogens is 328 g/mol. The minimum Gasteiger partial charge on any atom is -0.508 e. The standard InChI is InChI=1S/C22H30O2S/c1-13-10-18(24)16(21(3,4)5)12-19(13)25-20-14(2)9-15(23)11-17(20)22(6,7)8/h9-12,23-24H,1-8H3. The average molecular weight is 359 g/mol. The van der Waals surface area contributed by atoms with Crippen molar-refractivity contribution in [2.45, 2.75) is 76.0 Å². The summed E-state index contributed by atoms with van der Waals surface area (Å²) in [6.45, 7) is 16.9. The van der Waals surface area contributed by atoms with Crippen molar-refractivity contribution >= 4 is 11.8 Å². The molecule has 0 aliphatic carbocycles. The average Bonchev–Trinajstić information content (AvgIpc) is 2.41. The van der Waals surface area contributed by atoms with Crippen molar-refractivity contribution < 1.29 is 10.2 Å². The number of hydrogen-bond acceptors (Lipinski definition) is 3. The summed E-state index contributed by atoms with van der Waals surface area (Å²) < 4.78 is 0. The number of aryl methyl sites for hydroxylation is 2. The van der Waals surface area contributed by atoms with E-state index in [1.54, 1.807) is 11.8 Å². The van der Waals surface area contributed by atoms with Gasteiger partial charge in [-0.1, -0.05) is 53.3 Å². The molecule has 0 bridgehead atoms. The second-order valence-electron chi connectivity index (χ2n) is 8.88.